The summed E-state index contributed by atoms with van der Waals surface area (Å²) < 4.78 is 27.1. The van der Waals surface area contributed by atoms with Crippen molar-refractivity contribution in [2.24, 2.45) is 0 Å². The van der Waals surface area contributed by atoms with Crippen LogP contribution in [0.3, 0.4) is 0 Å². The fourth-order valence-electron chi connectivity index (χ4n) is 2.05. The summed E-state index contributed by atoms with van der Waals surface area (Å²) in [5.74, 6) is 0.807. The van der Waals surface area contributed by atoms with E-state index in [-0.39, 0.29) is 5.75 Å². The molecule has 0 N–H and O–H groups in total. The van der Waals surface area contributed by atoms with Gasteiger partial charge in [0.05, 0.1) is 24.1 Å². The molecule has 2 aromatic rings. The van der Waals surface area contributed by atoms with E-state index in [0.717, 1.165) is 35.9 Å². The maximum Gasteiger partial charge on any atom is 0.232 e. The molecule has 0 saturated carbocycles. The highest BCUT2D eigenvalue weighted by Crippen LogP contribution is 2.18. The average molecular weight is 328 g/mol. The molecule has 114 valence electrons. The van der Waals surface area contributed by atoms with Crippen molar-refractivity contribution in [1.29, 1.82) is 0 Å². The number of halogens is 1. The van der Waals surface area contributed by atoms with Gasteiger partial charge >= 0.3 is 0 Å². The highest BCUT2D eigenvalue weighted by atomic mass is 35.7. The minimum absolute atomic E-state index is 0.0456. The van der Waals surface area contributed by atoms with Crippen molar-refractivity contribution >= 4 is 30.6 Å². The van der Waals surface area contributed by atoms with E-state index in [1.807, 2.05) is 30.3 Å². The Bertz CT molecular complexity index is 688. The fraction of sp³-hybridized carbons (Fsp3) is 0.400. The number of rotatable bonds is 8. The molecule has 0 spiro atoms. The first kappa shape index (κ1) is 16.0. The van der Waals surface area contributed by atoms with Gasteiger partial charge < -0.3 is 4.74 Å². The molecule has 1 aromatic heterocycles. The van der Waals surface area contributed by atoms with Crippen molar-refractivity contribution < 1.29 is 13.2 Å². The molecule has 1 aromatic carbocycles. The lowest BCUT2D eigenvalue weighted by Crippen LogP contribution is -2.00. The molecule has 0 amide bonds. The van der Waals surface area contributed by atoms with Gasteiger partial charge in [-0.25, -0.2) is 8.42 Å². The number of hydrogen-bond donors (Lipinski definition) is 0. The highest BCUT2D eigenvalue weighted by molar-refractivity contribution is 8.13. The number of para-hydroxylation sites is 1. The van der Waals surface area contributed by atoms with Gasteiger partial charge in [-0.15, -0.1) is 0 Å². The molecule has 0 bridgehead atoms. The minimum Gasteiger partial charge on any atom is -0.492 e. The number of pyridine rings is 1. The molecule has 1 heterocycles. The Hall–Kier alpha value is -1.33. The summed E-state index contributed by atoms with van der Waals surface area (Å²) in [6.45, 7) is 0.605. The van der Waals surface area contributed by atoms with Crippen LogP contribution < -0.4 is 4.74 Å². The van der Waals surface area contributed by atoms with Gasteiger partial charge in [-0.05, 0) is 25.0 Å². The Balaban J connectivity index is 1.68. The van der Waals surface area contributed by atoms with E-state index in [1.54, 1.807) is 6.20 Å². The van der Waals surface area contributed by atoms with Crippen LogP contribution in [0, 0.1) is 0 Å². The number of fused-ring (bicyclic) bond motifs is 1. The van der Waals surface area contributed by atoms with Crippen molar-refractivity contribution in [1.82, 2.24) is 4.98 Å². The average Bonchev–Trinajstić information content (AvgIpc) is 2.45. The Morgan fingerprint density at radius 3 is 2.67 bits per heavy atom. The monoisotopic (exact) mass is 327 g/mol. The molecular weight excluding hydrogens is 310 g/mol. The summed E-state index contributed by atoms with van der Waals surface area (Å²) >= 11 is 0. The maximum absolute atomic E-state index is 10.7. The zero-order valence-electron chi connectivity index (χ0n) is 11.7. The Morgan fingerprint density at radius 1 is 1.10 bits per heavy atom. The summed E-state index contributed by atoms with van der Waals surface area (Å²) in [5, 5.41) is 1.06. The third kappa shape index (κ3) is 5.89. The van der Waals surface area contributed by atoms with E-state index in [4.69, 9.17) is 15.4 Å². The molecular formula is C15H18ClNO3S. The fourth-order valence-corrected chi connectivity index (χ4v) is 2.93. The Kier molecular flexibility index (Phi) is 5.82. The zero-order chi connectivity index (χ0) is 15.1. The van der Waals surface area contributed by atoms with E-state index < -0.39 is 9.05 Å². The summed E-state index contributed by atoms with van der Waals surface area (Å²) in [7, 11) is 1.79. The van der Waals surface area contributed by atoms with Gasteiger partial charge in [0.1, 0.15) is 5.75 Å². The number of benzene rings is 1. The van der Waals surface area contributed by atoms with Gasteiger partial charge in [0.15, 0.2) is 0 Å². The highest BCUT2D eigenvalue weighted by Gasteiger charge is 2.04. The van der Waals surface area contributed by atoms with Gasteiger partial charge in [-0.3, -0.25) is 4.98 Å². The van der Waals surface area contributed by atoms with Gasteiger partial charge in [-0.1, -0.05) is 31.0 Å². The van der Waals surface area contributed by atoms with Crippen LogP contribution in [0.5, 0.6) is 5.75 Å². The number of nitrogens with zero attached hydrogens (tertiary/aromatic N) is 1. The Labute approximate surface area is 129 Å². The third-order valence-corrected chi connectivity index (χ3v) is 4.36. The van der Waals surface area contributed by atoms with Gasteiger partial charge in [0.25, 0.3) is 0 Å². The topological polar surface area (TPSA) is 56.3 Å². The summed E-state index contributed by atoms with van der Waals surface area (Å²) in [5.41, 5.74) is 0.951. The molecule has 21 heavy (non-hydrogen) atoms. The molecule has 2 rings (SSSR count). The minimum atomic E-state index is -3.35. The first-order valence-electron chi connectivity index (χ1n) is 6.94. The second-order valence-corrected chi connectivity index (χ2v) is 7.77. The molecule has 6 heteroatoms. The van der Waals surface area contributed by atoms with Crippen molar-refractivity contribution in [3.63, 3.8) is 0 Å². The standard InChI is InChI=1S/C15H18ClNO3S/c16-21(18,19)10-6-2-1-5-9-20-14-11-13-7-3-4-8-15(13)17-12-14/h3-4,7-8,11-12H,1-2,5-6,9-10H2. The second-order valence-electron chi connectivity index (χ2n) is 4.87. The molecule has 0 aliphatic rings. The largest absolute Gasteiger partial charge is 0.492 e. The number of unbranched alkanes of at least 4 members (excludes halogenated alkanes) is 3. The van der Waals surface area contributed by atoms with Gasteiger partial charge in [-0.2, -0.15) is 0 Å². The smallest absolute Gasteiger partial charge is 0.232 e. The molecule has 0 aliphatic carbocycles. The summed E-state index contributed by atoms with van der Waals surface area (Å²) in [4.78, 5) is 4.33. The van der Waals surface area contributed by atoms with Crippen LogP contribution in [0.15, 0.2) is 36.5 Å². The summed E-state index contributed by atoms with van der Waals surface area (Å²) in [6.07, 6.45) is 4.97. The van der Waals surface area contributed by atoms with Crippen LogP contribution in [0.4, 0.5) is 0 Å². The van der Waals surface area contributed by atoms with Crippen molar-refractivity contribution in [2.45, 2.75) is 25.7 Å². The van der Waals surface area contributed by atoms with Crippen molar-refractivity contribution in [2.75, 3.05) is 12.4 Å². The number of hydrogen-bond acceptors (Lipinski definition) is 4. The molecule has 0 atom stereocenters. The lowest BCUT2D eigenvalue weighted by atomic mass is 10.2. The Morgan fingerprint density at radius 2 is 1.86 bits per heavy atom. The lowest BCUT2D eigenvalue weighted by molar-refractivity contribution is 0.304. The predicted octanol–water partition coefficient (Wildman–Crippen LogP) is 3.74. The molecule has 0 aliphatic heterocycles. The summed E-state index contributed by atoms with van der Waals surface area (Å²) in [6, 6.07) is 9.86. The van der Waals surface area contributed by atoms with E-state index in [1.165, 1.54) is 0 Å². The first-order chi connectivity index (χ1) is 10.0. The van der Waals surface area contributed by atoms with Crippen LogP contribution in [-0.2, 0) is 9.05 Å². The van der Waals surface area contributed by atoms with Crippen LogP contribution in [0.1, 0.15) is 25.7 Å². The van der Waals surface area contributed by atoms with E-state index in [2.05, 4.69) is 4.98 Å². The van der Waals surface area contributed by atoms with Crippen LogP contribution in [-0.4, -0.2) is 25.8 Å². The second kappa shape index (κ2) is 7.61. The lowest BCUT2D eigenvalue weighted by Gasteiger charge is -2.06. The van der Waals surface area contributed by atoms with Crippen molar-refractivity contribution in [3.8, 4) is 5.75 Å². The third-order valence-electron chi connectivity index (χ3n) is 3.12. The quantitative estimate of drug-likeness (QED) is 0.547. The van der Waals surface area contributed by atoms with E-state index >= 15 is 0 Å². The van der Waals surface area contributed by atoms with Gasteiger partial charge in [0, 0.05) is 16.1 Å². The molecule has 0 fully saturated rings. The molecule has 0 radical (unpaired) electrons. The normalized spacial score (nSPS) is 11.7. The van der Waals surface area contributed by atoms with Crippen LogP contribution in [0.25, 0.3) is 10.9 Å². The van der Waals surface area contributed by atoms with E-state index in [9.17, 15) is 8.42 Å². The number of aromatic nitrogens is 1. The number of ether oxygens (including phenoxy) is 1. The first-order valence-corrected chi connectivity index (χ1v) is 9.42. The van der Waals surface area contributed by atoms with Crippen LogP contribution >= 0.6 is 10.7 Å². The van der Waals surface area contributed by atoms with Gasteiger partial charge in [0.2, 0.25) is 9.05 Å². The molecule has 4 nitrogen and oxygen atoms in total. The predicted molar refractivity (Wildman–Crippen MR) is 85.3 cm³/mol. The molecule has 0 unspecified atom stereocenters. The van der Waals surface area contributed by atoms with E-state index in [0.29, 0.717) is 13.0 Å². The van der Waals surface area contributed by atoms with Crippen LogP contribution in [0.2, 0.25) is 0 Å². The molecule has 0 saturated heterocycles. The van der Waals surface area contributed by atoms with Crippen molar-refractivity contribution in [3.05, 3.63) is 36.5 Å². The zero-order valence-corrected chi connectivity index (χ0v) is 13.2. The maximum atomic E-state index is 10.7. The SMILES string of the molecule is O=S(=O)(Cl)CCCCCCOc1cnc2ccccc2c1.